The summed E-state index contributed by atoms with van der Waals surface area (Å²) < 4.78 is 5.40. The molecule has 2 heterocycles. The molecule has 3 aromatic carbocycles. The van der Waals surface area contributed by atoms with Crippen molar-refractivity contribution in [3.8, 4) is 0 Å². The van der Waals surface area contributed by atoms with Gasteiger partial charge in [-0.15, -0.1) is 0 Å². The average Bonchev–Trinajstić information content (AvgIpc) is 2.99. The molecule has 8 heteroatoms. The van der Waals surface area contributed by atoms with Crippen LogP contribution in [0.1, 0.15) is 47.7 Å². The molecule has 1 atom stereocenters. The highest BCUT2D eigenvalue weighted by Crippen LogP contribution is 2.37. The Kier molecular flexibility index (Phi) is 8.74. The predicted octanol–water partition coefficient (Wildman–Crippen LogP) is 5.66. The summed E-state index contributed by atoms with van der Waals surface area (Å²) >= 11 is 6.16. The van der Waals surface area contributed by atoms with Gasteiger partial charge in [0.25, 0.3) is 5.91 Å². The van der Waals surface area contributed by atoms with E-state index in [1.54, 1.807) is 18.7 Å². The summed E-state index contributed by atoms with van der Waals surface area (Å²) in [5.74, 6) is -0.876. The molecule has 3 aromatic rings. The number of nitrogens with zero attached hydrogens (tertiary/aromatic N) is 3. The molecule has 0 N–H and O–H groups in total. The predicted molar refractivity (Wildman–Crippen MR) is 160 cm³/mol. The Morgan fingerprint density at radius 1 is 0.927 bits per heavy atom. The molecule has 0 radical (unpaired) electrons. The van der Waals surface area contributed by atoms with E-state index in [0.717, 1.165) is 29.9 Å². The number of amides is 2. The lowest BCUT2D eigenvalue weighted by Gasteiger charge is -2.36. The number of ether oxygens (including phenoxy) is 1. The van der Waals surface area contributed by atoms with Crippen LogP contribution in [0, 0.1) is 0 Å². The molecule has 1 unspecified atom stereocenters. The van der Waals surface area contributed by atoms with E-state index < -0.39 is 5.97 Å². The summed E-state index contributed by atoms with van der Waals surface area (Å²) in [6.07, 6.45) is 0.172. The molecule has 2 aliphatic rings. The number of anilines is 1. The molecule has 41 heavy (non-hydrogen) atoms. The normalized spacial score (nSPS) is 17.6. The van der Waals surface area contributed by atoms with Gasteiger partial charge in [-0.25, -0.2) is 4.79 Å². The smallest absolute Gasteiger partial charge is 0.336 e. The number of hydrogen-bond donors (Lipinski definition) is 0. The molecule has 0 aliphatic carbocycles. The number of piperazine rings is 1. The van der Waals surface area contributed by atoms with Crippen LogP contribution in [0.2, 0.25) is 5.02 Å². The molecule has 2 aliphatic heterocycles. The van der Waals surface area contributed by atoms with Gasteiger partial charge in [-0.05, 0) is 55.3 Å². The van der Waals surface area contributed by atoms with Crippen molar-refractivity contribution in [1.29, 1.82) is 0 Å². The second-order valence-corrected chi connectivity index (χ2v) is 10.8. The molecule has 0 aromatic heterocycles. The average molecular weight is 572 g/mol. The lowest BCUT2D eigenvalue weighted by molar-refractivity contribution is -0.140. The molecular formula is C33H34ClN3O4. The molecule has 7 nitrogen and oxygen atoms in total. The van der Waals surface area contributed by atoms with E-state index in [1.165, 1.54) is 0 Å². The first-order chi connectivity index (χ1) is 19.9. The summed E-state index contributed by atoms with van der Waals surface area (Å²) in [4.78, 5) is 45.6. The molecule has 0 saturated carbocycles. The number of rotatable bonds is 7. The van der Waals surface area contributed by atoms with Gasteiger partial charge in [-0.2, -0.15) is 0 Å². The summed E-state index contributed by atoms with van der Waals surface area (Å²) in [5.41, 5.74) is 4.45. The van der Waals surface area contributed by atoms with Crippen molar-refractivity contribution in [2.75, 3.05) is 37.7 Å². The van der Waals surface area contributed by atoms with Crippen molar-refractivity contribution in [3.05, 3.63) is 112 Å². The maximum Gasteiger partial charge on any atom is 0.336 e. The zero-order chi connectivity index (χ0) is 28.9. The van der Waals surface area contributed by atoms with Crippen molar-refractivity contribution >= 4 is 35.1 Å². The molecule has 1 fully saturated rings. The SMILES string of the molecule is CCOC(=O)C1=C(C)N(Cc2cccc(C(=O)N3CCN(c4cccc(Cl)c4)CC3)c2)C(=O)CC1c1ccccc1. The van der Waals surface area contributed by atoms with E-state index in [0.29, 0.717) is 34.9 Å². The van der Waals surface area contributed by atoms with E-state index in [-0.39, 0.29) is 37.3 Å². The third-order valence-electron chi connectivity index (χ3n) is 7.78. The number of benzene rings is 3. The highest BCUT2D eigenvalue weighted by Gasteiger charge is 2.37. The fourth-order valence-electron chi connectivity index (χ4n) is 5.66. The van der Waals surface area contributed by atoms with Crippen LogP contribution >= 0.6 is 11.6 Å². The number of halogens is 1. The summed E-state index contributed by atoms with van der Waals surface area (Å²) in [5, 5.41) is 0.694. The summed E-state index contributed by atoms with van der Waals surface area (Å²) in [6.45, 7) is 6.73. The van der Waals surface area contributed by atoms with Gasteiger partial charge in [0.05, 0.1) is 18.7 Å². The summed E-state index contributed by atoms with van der Waals surface area (Å²) in [7, 11) is 0. The maximum absolute atomic E-state index is 13.4. The number of carbonyl (C=O) groups excluding carboxylic acids is 3. The minimum absolute atomic E-state index is 0.0359. The van der Waals surface area contributed by atoms with Crippen molar-refractivity contribution in [2.45, 2.75) is 32.7 Å². The zero-order valence-electron chi connectivity index (χ0n) is 23.4. The Hall–Kier alpha value is -4.10. The van der Waals surface area contributed by atoms with Crippen LogP contribution in [0.5, 0.6) is 0 Å². The third kappa shape index (κ3) is 6.30. The van der Waals surface area contributed by atoms with E-state index >= 15 is 0 Å². The van der Waals surface area contributed by atoms with Gasteiger partial charge in [-0.3, -0.25) is 9.59 Å². The van der Waals surface area contributed by atoms with Crippen molar-refractivity contribution < 1.29 is 19.1 Å². The standard InChI is InChI=1S/C33H34ClN3O4/c1-3-41-33(40)31-23(2)37(30(38)21-29(31)25-10-5-4-6-11-25)22-24-9-7-12-26(19-24)32(39)36-17-15-35(16-18-36)28-14-8-13-27(34)20-28/h4-14,19-20,29H,3,15-18,21-22H2,1-2H3. The van der Waals surface area contributed by atoms with Gasteiger partial charge in [-0.1, -0.05) is 60.1 Å². The highest BCUT2D eigenvalue weighted by atomic mass is 35.5. The van der Waals surface area contributed by atoms with Crippen LogP contribution in [-0.4, -0.2) is 60.4 Å². The fourth-order valence-corrected chi connectivity index (χ4v) is 5.84. The highest BCUT2D eigenvalue weighted by molar-refractivity contribution is 6.30. The van der Waals surface area contributed by atoms with Crippen LogP contribution in [-0.2, 0) is 20.9 Å². The topological polar surface area (TPSA) is 70.2 Å². The molecule has 1 saturated heterocycles. The Bertz CT molecular complexity index is 1460. The van der Waals surface area contributed by atoms with Gasteiger partial charge >= 0.3 is 5.97 Å². The van der Waals surface area contributed by atoms with Gasteiger partial charge < -0.3 is 19.4 Å². The number of esters is 1. The first-order valence-electron chi connectivity index (χ1n) is 14.0. The lowest BCUT2D eigenvalue weighted by atomic mass is 9.83. The second-order valence-electron chi connectivity index (χ2n) is 10.3. The molecule has 5 rings (SSSR count). The molecule has 2 amide bonds. The van der Waals surface area contributed by atoms with E-state index in [2.05, 4.69) is 4.90 Å². The zero-order valence-corrected chi connectivity index (χ0v) is 24.1. The Balaban J connectivity index is 1.32. The Morgan fingerprint density at radius 3 is 2.37 bits per heavy atom. The Morgan fingerprint density at radius 2 is 1.66 bits per heavy atom. The monoisotopic (exact) mass is 571 g/mol. The molecule has 0 bridgehead atoms. The number of carbonyl (C=O) groups is 3. The van der Waals surface area contributed by atoms with Crippen molar-refractivity contribution in [1.82, 2.24) is 9.80 Å². The minimum atomic E-state index is -0.405. The van der Waals surface area contributed by atoms with Crippen LogP contribution in [0.3, 0.4) is 0 Å². The van der Waals surface area contributed by atoms with Gasteiger partial charge in [0.1, 0.15) is 0 Å². The quantitative estimate of drug-likeness (QED) is 0.343. The summed E-state index contributed by atoms with van der Waals surface area (Å²) in [6, 6.07) is 24.8. The molecular weight excluding hydrogens is 538 g/mol. The number of allylic oxidation sites excluding steroid dienone is 1. The maximum atomic E-state index is 13.4. The largest absolute Gasteiger partial charge is 0.463 e. The minimum Gasteiger partial charge on any atom is -0.463 e. The van der Waals surface area contributed by atoms with Crippen LogP contribution in [0.4, 0.5) is 5.69 Å². The lowest BCUT2D eigenvalue weighted by Crippen LogP contribution is -2.48. The van der Waals surface area contributed by atoms with Gasteiger partial charge in [0, 0.05) is 60.5 Å². The first kappa shape index (κ1) is 28.4. The third-order valence-corrected chi connectivity index (χ3v) is 8.01. The first-order valence-corrected chi connectivity index (χ1v) is 14.4. The van der Waals surface area contributed by atoms with E-state index in [1.807, 2.05) is 83.8 Å². The van der Waals surface area contributed by atoms with E-state index in [9.17, 15) is 14.4 Å². The number of hydrogen-bond acceptors (Lipinski definition) is 5. The molecule has 212 valence electrons. The van der Waals surface area contributed by atoms with Crippen molar-refractivity contribution in [2.24, 2.45) is 0 Å². The van der Waals surface area contributed by atoms with Crippen LogP contribution in [0.15, 0.2) is 90.1 Å². The Labute approximate surface area is 245 Å². The van der Waals surface area contributed by atoms with Gasteiger partial charge in [0.15, 0.2) is 0 Å². The molecule has 0 spiro atoms. The van der Waals surface area contributed by atoms with Crippen LogP contribution < -0.4 is 4.90 Å². The van der Waals surface area contributed by atoms with Crippen LogP contribution in [0.25, 0.3) is 0 Å². The van der Waals surface area contributed by atoms with Crippen molar-refractivity contribution in [3.63, 3.8) is 0 Å². The van der Waals surface area contributed by atoms with Gasteiger partial charge in [0.2, 0.25) is 5.91 Å². The fraction of sp³-hybridized carbons (Fsp3) is 0.303. The second kappa shape index (κ2) is 12.6. The van der Waals surface area contributed by atoms with E-state index in [4.69, 9.17) is 16.3 Å².